The molecule has 3 aromatic rings. The van der Waals surface area contributed by atoms with Crippen LogP contribution >= 0.6 is 0 Å². The second kappa shape index (κ2) is 14.4. The topological polar surface area (TPSA) is 96.0 Å². The SMILES string of the molecule is Cc1ccccc1CN(C(=O)CN(c1ccc(OCc2ccccc2)cc1)S(C)(=O)=O)[C@@H](C)C(=O)NC1CCCCC1. The molecule has 2 amide bonds. The lowest BCUT2D eigenvalue weighted by atomic mass is 9.95. The van der Waals surface area contributed by atoms with Gasteiger partial charge in [0, 0.05) is 12.6 Å². The van der Waals surface area contributed by atoms with E-state index in [2.05, 4.69) is 5.32 Å². The van der Waals surface area contributed by atoms with Crippen molar-refractivity contribution in [3.8, 4) is 5.75 Å². The summed E-state index contributed by atoms with van der Waals surface area (Å²) < 4.78 is 32.7. The fraction of sp³-hybridized carbons (Fsp3) is 0.394. The van der Waals surface area contributed by atoms with Crippen molar-refractivity contribution in [2.75, 3.05) is 17.1 Å². The Morgan fingerprint density at radius 2 is 1.57 bits per heavy atom. The van der Waals surface area contributed by atoms with Gasteiger partial charge in [-0.05, 0) is 67.6 Å². The first kappa shape index (κ1) is 31.1. The van der Waals surface area contributed by atoms with Gasteiger partial charge in [-0.25, -0.2) is 8.42 Å². The van der Waals surface area contributed by atoms with Crippen LogP contribution in [0, 0.1) is 6.92 Å². The van der Waals surface area contributed by atoms with Crippen molar-refractivity contribution in [2.45, 2.75) is 71.2 Å². The summed E-state index contributed by atoms with van der Waals surface area (Å²) in [5.41, 5.74) is 3.24. The first-order chi connectivity index (χ1) is 20.1. The highest BCUT2D eigenvalue weighted by Crippen LogP contribution is 2.24. The van der Waals surface area contributed by atoms with Gasteiger partial charge >= 0.3 is 0 Å². The van der Waals surface area contributed by atoms with Gasteiger partial charge in [0.05, 0.1) is 11.9 Å². The summed E-state index contributed by atoms with van der Waals surface area (Å²) >= 11 is 0. The van der Waals surface area contributed by atoms with E-state index >= 15 is 0 Å². The van der Waals surface area contributed by atoms with Gasteiger partial charge in [0.25, 0.3) is 0 Å². The number of nitrogens with one attached hydrogen (secondary N) is 1. The molecule has 0 radical (unpaired) electrons. The number of aryl methyl sites for hydroxylation is 1. The number of rotatable bonds is 12. The van der Waals surface area contributed by atoms with Gasteiger partial charge in [-0.2, -0.15) is 0 Å². The molecule has 0 aliphatic heterocycles. The molecule has 9 heteroatoms. The van der Waals surface area contributed by atoms with Gasteiger partial charge in [0.15, 0.2) is 0 Å². The van der Waals surface area contributed by atoms with Crippen LogP contribution in [-0.4, -0.2) is 50.0 Å². The Morgan fingerprint density at radius 1 is 0.929 bits per heavy atom. The van der Waals surface area contributed by atoms with Crippen LogP contribution in [0.3, 0.4) is 0 Å². The van der Waals surface area contributed by atoms with Gasteiger partial charge in [0.2, 0.25) is 21.8 Å². The van der Waals surface area contributed by atoms with Crippen LogP contribution in [0.4, 0.5) is 5.69 Å². The number of hydrogen-bond donors (Lipinski definition) is 1. The molecule has 3 aromatic carbocycles. The quantitative estimate of drug-likeness (QED) is 0.312. The number of hydrogen-bond acceptors (Lipinski definition) is 5. The third-order valence-electron chi connectivity index (χ3n) is 7.77. The monoisotopic (exact) mass is 591 g/mol. The molecule has 0 spiro atoms. The molecule has 0 saturated heterocycles. The van der Waals surface area contributed by atoms with E-state index in [0.717, 1.165) is 52.9 Å². The molecule has 4 rings (SSSR count). The highest BCUT2D eigenvalue weighted by atomic mass is 32.2. The number of nitrogens with zero attached hydrogens (tertiary/aromatic N) is 2. The Morgan fingerprint density at radius 3 is 2.21 bits per heavy atom. The number of sulfonamides is 1. The molecule has 1 saturated carbocycles. The number of carbonyl (C=O) groups is 2. The molecule has 0 aromatic heterocycles. The summed E-state index contributed by atoms with van der Waals surface area (Å²) in [4.78, 5) is 28.7. The number of benzene rings is 3. The predicted octanol–water partition coefficient (Wildman–Crippen LogP) is 5.21. The zero-order chi connectivity index (χ0) is 30.1. The van der Waals surface area contributed by atoms with E-state index in [1.54, 1.807) is 31.2 Å². The first-order valence-corrected chi connectivity index (χ1v) is 16.4. The molecule has 1 aliphatic rings. The summed E-state index contributed by atoms with van der Waals surface area (Å²) in [6.45, 7) is 3.79. The molecule has 42 heavy (non-hydrogen) atoms. The summed E-state index contributed by atoms with van der Waals surface area (Å²) in [7, 11) is -3.82. The highest BCUT2D eigenvalue weighted by Gasteiger charge is 2.31. The number of carbonyl (C=O) groups excluding carboxylic acids is 2. The number of amides is 2. The summed E-state index contributed by atoms with van der Waals surface area (Å²) in [6, 6.07) is 23.4. The third-order valence-corrected chi connectivity index (χ3v) is 8.91. The molecule has 224 valence electrons. The fourth-order valence-corrected chi connectivity index (χ4v) is 6.04. The minimum Gasteiger partial charge on any atom is -0.489 e. The smallest absolute Gasteiger partial charge is 0.244 e. The molecule has 0 bridgehead atoms. The summed E-state index contributed by atoms with van der Waals surface area (Å²) in [5.74, 6) is -0.106. The molecule has 0 heterocycles. The summed E-state index contributed by atoms with van der Waals surface area (Å²) in [6.07, 6.45) is 6.25. The maximum Gasteiger partial charge on any atom is 0.244 e. The molecule has 1 aliphatic carbocycles. The Hall–Kier alpha value is -3.85. The van der Waals surface area contributed by atoms with E-state index in [-0.39, 0.29) is 18.5 Å². The predicted molar refractivity (Wildman–Crippen MR) is 166 cm³/mol. The van der Waals surface area contributed by atoms with Crippen LogP contribution in [-0.2, 0) is 32.8 Å². The minimum absolute atomic E-state index is 0.0965. The van der Waals surface area contributed by atoms with E-state index < -0.39 is 28.5 Å². The maximum absolute atomic E-state index is 13.9. The standard InChI is InChI=1S/C33H41N3O5S/c1-25-12-10-11-15-28(25)22-35(26(2)33(38)34-29-16-8-5-9-17-29)32(37)23-36(42(3,39)40)30-18-20-31(21-19-30)41-24-27-13-6-4-7-14-27/h4,6-7,10-15,18-21,26,29H,5,8-9,16-17,22-24H2,1-3H3,(H,34,38)/t26-/m0/s1. The van der Waals surface area contributed by atoms with Crippen LogP contribution in [0.2, 0.25) is 0 Å². The molecule has 8 nitrogen and oxygen atoms in total. The van der Waals surface area contributed by atoms with Crippen molar-refractivity contribution in [1.29, 1.82) is 0 Å². The minimum atomic E-state index is -3.82. The number of anilines is 1. The Labute approximate surface area is 249 Å². The Bertz CT molecular complexity index is 1440. The van der Waals surface area contributed by atoms with Crippen LogP contribution in [0.1, 0.15) is 55.7 Å². The van der Waals surface area contributed by atoms with E-state index in [9.17, 15) is 18.0 Å². The van der Waals surface area contributed by atoms with Gasteiger partial charge in [-0.3, -0.25) is 13.9 Å². The van der Waals surface area contributed by atoms with Crippen molar-refractivity contribution < 1.29 is 22.7 Å². The van der Waals surface area contributed by atoms with E-state index in [1.165, 1.54) is 11.3 Å². The second-order valence-corrected chi connectivity index (χ2v) is 12.9. The lowest BCUT2D eigenvalue weighted by Gasteiger charge is -2.33. The van der Waals surface area contributed by atoms with Crippen molar-refractivity contribution >= 4 is 27.5 Å². The first-order valence-electron chi connectivity index (χ1n) is 14.5. The maximum atomic E-state index is 13.9. The van der Waals surface area contributed by atoms with Crippen molar-refractivity contribution in [1.82, 2.24) is 10.2 Å². The molecule has 1 atom stereocenters. The van der Waals surface area contributed by atoms with Crippen molar-refractivity contribution in [3.05, 3.63) is 95.6 Å². The Balaban J connectivity index is 1.52. The third kappa shape index (κ3) is 8.58. The normalized spacial score (nSPS) is 14.5. The Kier molecular flexibility index (Phi) is 10.6. The van der Waals surface area contributed by atoms with Crippen molar-refractivity contribution in [2.24, 2.45) is 0 Å². The summed E-state index contributed by atoms with van der Waals surface area (Å²) in [5, 5.41) is 3.12. The second-order valence-electron chi connectivity index (χ2n) is 11.0. The average Bonchev–Trinajstić information content (AvgIpc) is 2.99. The lowest BCUT2D eigenvalue weighted by Crippen LogP contribution is -2.53. The zero-order valence-electron chi connectivity index (χ0n) is 24.7. The van der Waals surface area contributed by atoms with Crippen molar-refractivity contribution in [3.63, 3.8) is 0 Å². The van der Waals surface area contributed by atoms with Crippen LogP contribution < -0.4 is 14.4 Å². The molecule has 1 fully saturated rings. The van der Waals surface area contributed by atoms with Gasteiger partial charge in [-0.1, -0.05) is 73.9 Å². The molecule has 1 N–H and O–H groups in total. The molecular formula is C33H41N3O5S. The lowest BCUT2D eigenvalue weighted by molar-refractivity contribution is -0.139. The van der Waals surface area contributed by atoms with E-state index in [1.807, 2.05) is 61.5 Å². The largest absolute Gasteiger partial charge is 0.489 e. The zero-order valence-corrected chi connectivity index (χ0v) is 25.5. The molecular weight excluding hydrogens is 550 g/mol. The molecule has 0 unspecified atom stereocenters. The van der Waals surface area contributed by atoms with Crippen LogP contribution in [0.25, 0.3) is 0 Å². The van der Waals surface area contributed by atoms with Gasteiger partial charge in [-0.15, -0.1) is 0 Å². The van der Waals surface area contributed by atoms with Crippen LogP contribution in [0.5, 0.6) is 5.75 Å². The average molecular weight is 592 g/mol. The van der Waals surface area contributed by atoms with Gasteiger partial charge in [0.1, 0.15) is 24.9 Å². The number of ether oxygens (including phenoxy) is 1. The van der Waals surface area contributed by atoms with E-state index in [0.29, 0.717) is 18.0 Å². The van der Waals surface area contributed by atoms with E-state index in [4.69, 9.17) is 4.74 Å². The highest BCUT2D eigenvalue weighted by molar-refractivity contribution is 7.92. The fourth-order valence-electron chi connectivity index (χ4n) is 5.19. The van der Waals surface area contributed by atoms with Crippen LogP contribution in [0.15, 0.2) is 78.9 Å². The van der Waals surface area contributed by atoms with Gasteiger partial charge < -0.3 is 15.0 Å².